The van der Waals surface area contributed by atoms with Crippen molar-refractivity contribution >= 4 is 33.1 Å². The zero-order valence-electron chi connectivity index (χ0n) is 17.0. The minimum absolute atomic E-state index is 0.206. The van der Waals surface area contributed by atoms with Gasteiger partial charge < -0.3 is 4.90 Å². The molecule has 1 saturated heterocycles. The Morgan fingerprint density at radius 3 is 2.62 bits per heavy atom. The number of fused-ring (bicyclic) bond motifs is 1. The first-order valence-corrected chi connectivity index (χ1v) is 11.8. The zero-order chi connectivity index (χ0) is 20.4. The van der Waals surface area contributed by atoms with Crippen molar-refractivity contribution in [2.24, 2.45) is 5.92 Å². The summed E-state index contributed by atoms with van der Waals surface area (Å²) < 4.78 is 13.6. The van der Waals surface area contributed by atoms with Crippen molar-refractivity contribution < 1.29 is 4.39 Å². The number of hydrogen-bond acceptors (Lipinski definition) is 1. The molecule has 0 spiro atoms. The quantitative estimate of drug-likeness (QED) is 0.435. The maximum Gasteiger partial charge on any atom is 0.0906 e. The SMILES string of the molecule is Cc1cc2c(cc1Cl)C(c1ccc(CC3CN(CCCF)C3)cc1)=C(Br)CCC2. The number of hydrogen-bond donors (Lipinski definition) is 0. The molecule has 1 heterocycles. The summed E-state index contributed by atoms with van der Waals surface area (Å²) in [6, 6.07) is 13.5. The van der Waals surface area contributed by atoms with Crippen molar-refractivity contribution in [3.05, 3.63) is 73.7 Å². The van der Waals surface area contributed by atoms with Crippen LogP contribution in [0.4, 0.5) is 4.39 Å². The fourth-order valence-electron chi connectivity index (χ4n) is 4.61. The second-order valence-corrected chi connectivity index (χ2v) is 9.83. The number of likely N-dealkylation sites (tertiary alicyclic amines) is 1. The van der Waals surface area contributed by atoms with E-state index in [9.17, 15) is 4.39 Å². The van der Waals surface area contributed by atoms with Crippen LogP contribution >= 0.6 is 27.5 Å². The van der Waals surface area contributed by atoms with Gasteiger partial charge >= 0.3 is 0 Å². The average Bonchev–Trinajstić information content (AvgIpc) is 2.83. The van der Waals surface area contributed by atoms with Crippen LogP contribution in [-0.2, 0) is 12.8 Å². The predicted molar refractivity (Wildman–Crippen MR) is 125 cm³/mol. The molecule has 154 valence electrons. The summed E-state index contributed by atoms with van der Waals surface area (Å²) in [7, 11) is 0. The summed E-state index contributed by atoms with van der Waals surface area (Å²) in [6.45, 7) is 4.98. The lowest BCUT2D eigenvalue weighted by molar-refractivity contribution is 0.0968. The molecule has 0 N–H and O–H groups in total. The molecule has 1 fully saturated rings. The van der Waals surface area contributed by atoms with E-state index < -0.39 is 0 Å². The van der Waals surface area contributed by atoms with E-state index in [2.05, 4.69) is 64.2 Å². The third-order valence-corrected chi connectivity index (χ3v) is 7.38. The molecular weight excluding hydrogens is 449 g/mol. The largest absolute Gasteiger partial charge is 0.303 e. The first-order valence-electron chi connectivity index (χ1n) is 10.6. The fourth-order valence-corrected chi connectivity index (χ4v) is 5.50. The third kappa shape index (κ3) is 4.78. The van der Waals surface area contributed by atoms with Gasteiger partial charge in [-0.25, -0.2) is 0 Å². The van der Waals surface area contributed by atoms with Crippen LogP contribution in [0.25, 0.3) is 5.57 Å². The van der Waals surface area contributed by atoms with Crippen LogP contribution in [0.1, 0.15) is 47.1 Å². The number of halogens is 3. The van der Waals surface area contributed by atoms with Crippen molar-refractivity contribution in [2.45, 2.75) is 39.0 Å². The van der Waals surface area contributed by atoms with Crippen LogP contribution in [-0.4, -0.2) is 31.2 Å². The van der Waals surface area contributed by atoms with Crippen molar-refractivity contribution in [1.82, 2.24) is 4.90 Å². The second kappa shape index (κ2) is 9.32. The van der Waals surface area contributed by atoms with Gasteiger partial charge in [0.25, 0.3) is 0 Å². The monoisotopic (exact) mass is 475 g/mol. The molecular formula is C25H28BrClFN. The Bertz CT molecular complexity index is 900. The van der Waals surface area contributed by atoms with Crippen LogP contribution in [0.5, 0.6) is 0 Å². The molecule has 4 rings (SSSR count). The van der Waals surface area contributed by atoms with Gasteiger partial charge in [-0.15, -0.1) is 0 Å². The van der Waals surface area contributed by atoms with Crippen LogP contribution in [0.15, 0.2) is 40.9 Å². The highest BCUT2D eigenvalue weighted by Crippen LogP contribution is 2.39. The van der Waals surface area contributed by atoms with Crippen LogP contribution < -0.4 is 0 Å². The van der Waals surface area contributed by atoms with Crippen molar-refractivity contribution in [3.63, 3.8) is 0 Å². The molecule has 2 aromatic carbocycles. The number of benzene rings is 2. The number of rotatable bonds is 6. The topological polar surface area (TPSA) is 3.24 Å². The standard InChI is InChI=1S/C25H28BrClFN/c1-17-12-21-4-2-5-23(26)25(22(21)14-24(17)27)20-8-6-18(7-9-20)13-19-15-29(16-19)11-3-10-28/h6-9,12,14,19H,2-5,10-11,13,15-16H2,1H3. The first-order chi connectivity index (χ1) is 14.0. The van der Waals surface area contributed by atoms with E-state index in [1.165, 1.54) is 32.3 Å². The minimum Gasteiger partial charge on any atom is -0.303 e. The van der Waals surface area contributed by atoms with Gasteiger partial charge in [-0.2, -0.15) is 0 Å². The Morgan fingerprint density at radius 1 is 1.14 bits per heavy atom. The van der Waals surface area contributed by atoms with Crippen LogP contribution in [0.3, 0.4) is 0 Å². The molecule has 1 aliphatic carbocycles. The molecule has 0 atom stereocenters. The van der Waals surface area contributed by atoms with E-state index in [0.717, 1.165) is 55.9 Å². The van der Waals surface area contributed by atoms with E-state index in [1.54, 1.807) is 0 Å². The highest BCUT2D eigenvalue weighted by molar-refractivity contribution is 9.11. The molecule has 0 amide bonds. The average molecular weight is 477 g/mol. The Hall–Kier alpha value is -1.16. The molecule has 0 unspecified atom stereocenters. The van der Waals surface area contributed by atoms with Gasteiger partial charge in [0.15, 0.2) is 0 Å². The number of nitrogens with zero attached hydrogens (tertiary/aromatic N) is 1. The zero-order valence-corrected chi connectivity index (χ0v) is 19.3. The smallest absolute Gasteiger partial charge is 0.0906 e. The molecule has 2 aromatic rings. The minimum atomic E-state index is -0.206. The highest BCUT2D eigenvalue weighted by Gasteiger charge is 2.26. The summed E-state index contributed by atoms with van der Waals surface area (Å²) in [4.78, 5) is 2.36. The van der Waals surface area contributed by atoms with E-state index >= 15 is 0 Å². The fraction of sp³-hybridized carbons (Fsp3) is 0.440. The Balaban J connectivity index is 1.51. The molecule has 0 bridgehead atoms. The third-order valence-electron chi connectivity index (χ3n) is 6.18. The molecule has 1 nitrogen and oxygen atoms in total. The highest BCUT2D eigenvalue weighted by atomic mass is 79.9. The van der Waals surface area contributed by atoms with Gasteiger partial charge in [0.1, 0.15) is 0 Å². The van der Waals surface area contributed by atoms with Gasteiger partial charge in [0.2, 0.25) is 0 Å². The first kappa shape index (κ1) is 21.1. The van der Waals surface area contributed by atoms with Gasteiger partial charge in [-0.1, -0.05) is 57.9 Å². The summed E-state index contributed by atoms with van der Waals surface area (Å²) in [5.41, 5.74) is 7.73. The van der Waals surface area contributed by atoms with E-state index in [0.29, 0.717) is 12.3 Å². The van der Waals surface area contributed by atoms with E-state index in [-0.39, 0.29) is 6.67 Å². The lowest BCUT2D eigenvalue weighted by atomic mass is 9.89. The Kier molecular flexibility index (Phi) is 6.78. The molecule has 2 aliphatic rings. The van der Waals surface area contributed by atoms with Crippen LogP contribution in [0.2, 0.25) is 5.02 Å². The van der Waals surface area contributed by atoms with Crippen LogP contribution in [0, 0.1) is 12.8 Å². The van der Waals surface area contributed by atoms with E-state index in [4.69, 9.17) is 11.6 Å². The molecule has 0 aromatic heterocycles. The molecule has 0 radical (unpaired) electrons. The van der Waals surface area contributed by atoms with Gasteiger partial charge in [0, 0.05) is 29.1 Å². The summed E-state index contributed by atoms with van der Waals surface area (Å²) >= 11 is 10.4. The number of allylic oxidation sites excluding steroid dienone is 1. The Labute approximate surface area is 187 Å². The molecule has 0 saturated carbocycles. The second-order valence-electron chi connectivity index (χ2n) is 8.46. The molecule has 4 heteroatoms. The summed E-state index contributed by atoms with van der Waals surface area (Å²) in [6.07, 6.45) is 5.06. The molecule has 29 heavy (non-hydrogen) atoms. The lowest BCUT2D eigenvalue weighted by Crippen LogP contribution is -2.47. The Morgan fingerprint density at radius 2 is 1.90 bits per heavy atom. The lowest BCUT2D eigenvalue weighted by Gasteiger charge is -2.39. The van der Waals surface area contributed by atoms with Crippen molar-refractivity contribution in [2.75, 3.05) is 26.3 Å². The van der Waals surface area contributed by atoms with Crippen molar-refractivity contribution in [1.29, 1.82) is 0 Å². The van der Waals surface area contributed by atoms with Gasteiger partial charge in [-0.3, -0.25) is 4.39 Å². The summed E-state index contributed by atoms with van der Waals surface area (Å²) in [5.74, 6) is 0.701. The van der Waals surface area contributed by atoms with E-state index in [1.807, 2.05) is 0 Å². The van der Waals surface area contributed by atoms with Crippen molar-refractivity contribution in [3.8, 4) is 0 Å². The number of alkyl halides is 1. The van der Waals surface area contributed by atoms with Gasteiger partial charge in [0.05, 0.1) is 6.67 Å². The number of aryl methyl sites for hydroxylation is 2. The normalized spacial score (nSPS) is 17.8. The molecule has 1 aliphatic heterocycles. The van der Waals surface area contributed by atoms with Gasteiger partial charge in [-0.05, 0) is 84.4 Å². The maximum atomic E-state index is 12.3. The maximum absolute atomic E-state index is 12.3. The predicted octanol–water partition coefficient (Wildman–Crippen LogP) is 6.97. The summed E-state index contributed by atoms with van der Waals surface area (Å²) in [5, 5.41) is 0.836.